The molecule has 0 saturated heterocycles. The molecule has 0 unspecified atom stereocenters. The van der Waals surface area contributed by atoms with Crippen LogP contribution in [-0.4, -0.2) is 19.8 Å². The second-order valence-corrected chi connectivity index (χ2v) is 3.93. The minimum atomic E-state index is 0.640. The summed E-state index contributed by atoms with van der Waals surface area (Å²) in [5, 5.41) is 3.36. The molecular weight excluding hydrogens is 190 g/mol. The van der Waals surface area contributed by atoms with Gasteiger partial charge in [-0.3, -0.25) is 0 Å². The lowest BCUT2D eigenvalue weighted by Gasteiger charge is -2.23. The van der Waals surface area contributed by atoms with Gasteiger partial charge in [0.15, 0.2) is 11.5 Å². The SMILES string of the molecule is CC1=Cc2cc3c(cc2NC1)OCCO3. The first-order valence-corrected chi connectivity index (χ1v) is 5.17. The zero-order valence-corrected chi connectivity index (χ0v) is 8.67. The third kappa shape index (κ3) is 1.44. The fourth-order valence-electron chi connectivity index (χ4n) is 1.93. The van der Waals surface area contributed by atoms with E-state index >= 15 is 0 Å². The van der Waals surface area contributed by atoms with E-state index in [0.29, 0.717) is 13.2 Å². The standard InChI is InChI=1S/C12H13NO2/c1-8-4-9-5-11-12(15-3-2-14-11)6-10(9)13-7-8/h4-6,13H,2-3,7H2,1H3. The first kappa shape index (κ1) is 8.65. The maximum absolute atomic E-state index is 5.54. The van der Waals surface area contributed by atoms with Gasteiger partial charge in [-0.1, -0.05) is 11.6 Å². The molecule has 2 heterocycles. The maximum Gasteiger partial charge on any atom is 0.163 e. The highest BCUT2D eigenvalue weighted by atomic mass is 16.6. The summed E-state index contributed by atoms with van der Waals surface area (Å²) in [6, 6.07) is 4.06. The zero-order chi connectivity index (χ0) is 10.3. The van der Waals surface area contributed by atoms with E-state index in [1.807, 2.05) is 12.1 Å². The van der Waals surface area contributed by atoms with Gasteiger partial charge >= 0.3 is 0 Å². The summed E-state index contributed by atoms with van der Waals surface area (Å²) in [5.74, 6) is 1.70. The van der Waals surface area contributed by atoms with Gasteiger partial charge in [0.2, 0.25) is 0 Å². The molecule has 0 spiro atoms. The van der Waals surface area contributed by atoms with Crippen molar-refractivity contribution in [1.29, 1.82) is 0 Å². The quantitative estimate of drug-likeness (QED) is 0.701. The first-order valence-electron chi connectivity index (χ1n) is 5.17. The Balaban J connectivity index is 2.11. The molecule has 1 aromatic carbocycles. The van der Waals surface area contributed by atoms with Gasteiger partial charge in [-0.2, -0.15) is 0 Å². The third-order valence-electron chi connectivity index (χ3n) is 2.67. The van der Waals surface area contributed by atoms with E-state index in [2.05, 4.69) is 18.3 Å². The number of benzene rings is 1. The van der Waals surface area contributed by atoms with Crippen LogP contribution >= 0.6 is 0 Å². The lowest BCUT2D eigenvalue weighted by molar-refractivity contribution is 0.171. The smallest absolute Gasteiger partial charge is 0.163 e. The zero-order valence-electron chi connectivity index (χ0n) is 8.67. The normalized spacial score (nSPS) is 17.5. The molecule has 3 rings (SSSR count). The predicted octanol–water partition coefficient (Wildman–Crippen LogP) is 2.29. The average Bonchev–Trinajstić information content (AvgIpc) is 2.26. The van der Waals surface area contributed by atoms with Crippen LogP contribution in [0, 0.1) is 0 Å². The van der Waals surface area contributed by atoms with E-state index in [4.69, 9.17) is 9.47 Å². The molecule has 78 valence electrons. The predicted molar refractivity (Wildman–Crippen MR) is 59.6 cm³/mol. The van der Waals surface area contributed by atoms with Crippen LogP contribution in [0.25, 0.3) is 6.08 Å². The molecule has 0 bridgehead atoms. The molecular formula is C12H13NO2. The van der Waals surface area contributed by atoms with Gasteiger partial charge in [0.1, 0.15) is 13.2 Å². The fourth-order valence-corrected chi connectivity index (χ4v) is 1.93. The molecule has 3 nitrogen and oxygen atoms in total. The average molecular weight is 203 g/mol. The monoisotopic (exact) mass is 203 g/mol. The van der Waals surface area contributed by atoms with E-state index in [1.165, 1.54) is 11.1 Å². The summed E-state index contributed by atoms with van der Waals surface area (Å²) in [5.41, 5.74) is 3.65. The number of nitrogens with one attached hydrogen (secondary N) is 1. The van der Waals surface area contributed by atoms with Gasteiger partial charge in [-0.15, -0.1) is 0 Å². The molecule has 1 N–H and O–H groups in total. The van der Waals surface area contributed by atoms with Crippen molar-refractivity contribution in [2.45, 2.75) is 6.92 Å². The van der Waals surface area contributed by atoms with Crippen LogP contribution in [0.4, 0.5) is 5.69 Å². The van der Waals surface area contributed by atoms with E-state index in [1.54, 1.807) is 0 Å². The van der Waals surface area contributed by atoms with Crippen LogP contribution in [-0.2, 0) is 0 Å². The van der Waals surface area contributed by atoms with Gasteiger partial charge in [-0.25, -0.2) is 0 Å². The van der Waals surface area contributed by atoms with Gasteiger partial charge in [0, 0.05) is 23.9 Å². The largest absolute Gasteiger partial charge is 0.486 e. The molecule has 0 aromatic heterocycles. The highest BCUT2D eigenvalue weighted by molar-refractivity contribution is 5.75. The highest BCUT2D eigenvalue weighted by Gasteiger charge is 2.16. The topological polar surface area (TPSA) is 30.5 Å². The molecule has 0 atom stereocenters. The van der Waals surface area contributed by atoms with Crippen molar-refractivity contribution >= 4 is 11.8 Å². The van der Waals surface area contributed by atoms with E-state index in [0.717, 1.165) is 23.7 Å². The molecule has 0 fully saturated rings. The van der Waals surface area contributed by atoms with Gasteiger partial charge in [0.05, 0.1) is 0 Å². The van der Waals surface area contributed by atoms with Crippen molar-refractivity contribution in [2.24, 2.45) is 0 Å². The van der Waals surface area contributed by atoms with Gasteiger partial charge in [0.25, 0.3) is 0 Å². The van der Waals surface area contributed by atoms with Gasteiger partial charge in [-0.05, 0) is 13.0 Å². The summed E-state index contributed by atoms with van der Waals surface area (Å²) in [6.45, 7) is 4.31. The molecule has 0 radical (unpaired) electrons. The van der Waals surface area contributed by atoms with Crippen LogP contribution in [0.2, 0.25) is 0 Å². The Hall–Kier alpha value is -1.64. The maximum atomic E-state index is 5.54. The summed E-state index contributed by atoms with van der Waals surface area (Å²) < 4.78 is 11.1. The number of anilines is 1. The third-order valence-corrected chi connectivity index (χ3v) is 2.67. The minimum Gasteiger partial charge on any atom is -0.486 e. The molecule has 1 aromatic rings. The van der Waals surface area contributed by atoms with Crippen LogP contribution in [0.15, 0.2) is 17.7 Å². The summed E-state index contributed by atoms with van der Waals surface area (Å²) in [6.07, 6.45) is 2.18. The van der Waals surface area contributed by atoms with Crippen LogP contribution in [0.1, 0.15) is 12.5 Å². The van der Waals surface area contributed by atoms with Crippen molar-refractivity contribution in [3.05, 3.63) is 23.3 Å². The van der Waals surface area contributed by atoms with Crippen molar-refractivity contribution < 1.29 is 9.47 Å². The Morgan fingerprint density at radius 1 is 1.13 bits per heavy atom. The summed E-state index contributed by atoms with van der Waals surface area (Å²) >= 11 is 0. The lowest BCUT2D eigenvalue weighted by atomic mass is 10.0. The minimum absolute atomic E-state index is 0.640. The van der Waals surface area contributed by atoms with Crippen molar-refractivity contribution in [2.75, 3.05) is 25.1 Å². The van der Waals surface area contributed by atoms with E-state index in [-0.39, 0.29) is 0 Å². The molecule has 0 aliphatic carbocycles. The summed E-state index contributed by atoms with van der Waals surface area (Å²) in [7, 11) is 0. The molecule has 15 heavy (non-hydrogen) atoms. The number of hydrogen-bond donors (Lipinski definition) is 1. The molecule has 0 amide bonds. The van der Waals surface area contributed by atoms with Crippen LogP contribution in [0.3, 0.4) is 0 Å². The fraction of sp³-hybridized carbons (Fsp3) is 0.333. The number of rotatable bonds is 0. The van der Waals surface area contributed by atoms with Gasteiger partial charge < -0.3 is 14.8 Å². The summed E-state index contributed by atoms with van der Waals surface area (Å²) in [4.78, 5) is 0. The highest BCUT2D eigenvalue weighted by Crippen LogP contribution is 2.37. The molecule has 2 aliphatic rings. The number of fused-ring (bicyclic) bond motifs is 2. The second kappa shape index (κ2) is 3.19. The van der Waals surface area contributed by atoms with E-state index in [9.17, 15) is 0 Å². The Morgan fingerprint density at radius 2 is 1.87 bits per heavy atom. The number of ether oxygens (including phenoxy) is 2. The molecule has 2 aliphatic heterocycles. The Morgan fingerprint density at radius 3 is 2.67 bits per heavy atom. The first-order chi connectivity index (χ1) is 7.33. The molecule has 0 saturated carbocycles. The van der Waals surface area contributed by atoms with Crippen molar-refractivity contribution in [3.8, 4) is 11.5 Å². The van der Waals surface area contributed by atoms with E-state index < -0.39 is 0 Å². The van der Waals surface area contributed by atoms with Crippen LogP contribution in [0.5, 0.6) is 11.5 Å². The van der Waals surface area contributed by atoms with Crippen molar-refractivity contribution in [1.82, 2.24) is 0 Å². The molecule has 3 heteroatoms. The number of hydrogen-bond acceptors (Lipinski definition) is 3. The van der Waals surface area contributed by atoms with Crippen LogP contribution < -0.4 is 14.8 Å². The second-order valence-electron chi connectivity index (χ2n) is 3.93. The Labute approximate surface area is 88.7 Å². The lowest BCUT2D eigenvalue weighted by Crippen LogP contribution is -2.17. The van der Waals surface area contributed by atoms with Crippen molar-refractivity contribution in [3.63, 3.8) is 0 Å². The Bertz CT molecular complexity index is 437. The Kier molecular flexibility index (Phi) is 1.84.